The van der Waals surface area contributed by atoms with Crippen LogP contribution in [0.2, 0.25) is 0 Å². The second kappa shape index (κ2) is 3.18. The van der Waals surface area contributed by atoms with Crippen LogP contribution < -0.4 is 10.5 Å². The second-order valence-corrected chi connectivity index (χ2v) is 2.96. The van der Waals surface area contributed by atoms with Gasteiger partial charge in [-0.1, -0.05) is 11.3 Å². The normalized spacial score (nSPS) is 11.6. The largest absolute Gasteiger partial charge is 0.460 e. The van der Waals surface area contributed by atoms with E-state index in [1.54, 1.807) is 0 Å². The number of hydrogen-bond donors (Lipinski definition) is 1. The molecule has 0 unspecified atom stereocenters. The average Bonchev–Trinajstić information content (AvgIpc) is 2.30. The Bertz CT molecular complexity index is 259. The average molecular weight is 198 g/mol. The van der Waals surface area contributed by atoms with Crippen LogP contribution in [0, 0.1) is 0 Å². The molecular formula is C5H5F3N2OS. The number of rotatable bonds is 2. The lowest BCUT2D eigenvalue weighted by Gasteiger charge is -2.04. The summed E-state index contributed by atoms with van der Waals surface area (Å²) < 4.78 is 39.0. The fraction of sp³-hybridized carbons (Fsp3) is 0.400. The highest BCUT2D eigenvalue weighted by molar-refractivity contribution is 7.17. The molecule has 0 radical (unpaired) electrons. The molecule has 1 aromatic rings. The van der Waals surface area contributed by atoms with Crippen LogP contribution in [-0.2, 0) is 0 Å². The van der Waals surface area contributed by atoms with E-state index >= 15 is 0 Å². The van der Waals surface area contributed by atoms with Gasteiger partial charge in [-0.15, -0.1) is 0 Å². The van der Waals surface area contributed by atoms with Gasteiger partial charge in [-0.2, -0.15) is 13.2 Å². The lowest BCUT2D eigenvalue weighted by Crippen LogP contribution is -2.19. The molecule has 0 fully saturated rings. The molecule has 12 heavy (non-hydrogen) atoms. The van der Waals surface area contributed by atoms with Crippen molar-refractivity contribution in [3.8, 4) is 5.19 Å². The zero-order chi connectivity index (χ0) is 9.19. The molecule has 1 heterocycles. The quantitative estimate of drug-likeness (QED) is 0.786. The lowest BCUT2D eigenvalue weighted by molar-refractivity contribution is -0.153. The van der Waals surface area contributed by atoms with Gasteiger partial charge in [0.15, 0.2) is 6.61 Å². The molecule has 0 saturated carbocycles. The Labute approximate surface area is 70.0 Å². The molecule has 0 aliphatic rings. The first kappa shape index (κ1) is 9.11. The van der Waals surface area contributed by atoms with Crippen molar-refractivity contribution in [2.24, 2.45) is 0 Å². The number of halogens is 3. The number of hydrogen-bond acceptors (Lipinski definition) is 4. The summed E-state index contributed by atoms with van der Waals surface area (Å²) in [5, 5.41) is 0.261. The fourth-order valence-corrected chi connectivity index (χ4v) is 1.01. The Balaban J connectivity index is 2.44. The summed E-state index contributed by atoms with van der Waals surface area (Å²) >= 11 is 0.873. The molecule has 0 bridgehead atoms. The smallest absolute Gasteiger partial charge is 0.422 e. The first-order chi connectivity index (χ1) is 5.47. The SMILES string of the molecule is Nc1cnc(OCC(F)(F)F)s1. The first-order valence-electron chi connectivity index (χ1n) is 2.88. The van der Waals surface area contributed by atoms with Crippen molar-refractivity contribution in [1.82, 2.24) is 4.98 Å². The number of alkyl halides is 3. The fourth-order valence-electron chi connectivity index (χ4n) is 0.480. The van der Waals surface area contributed by atoms with Crippen LogP contribution in [0.5, 0.6) is 5.19 Å². The molecule has 1 aromatic heterocycles. The predicted octanol–water partition coefficient (Wildman–Crippen LogP) is 1.67. The van der Waals surface area contributed by atoms with Crippen LogP contribution in [0.1, 0.15) is 0 Å². The molecule has 7 heteroatoms. The molecule has 0 atom stereocenters. The van der Waals surface area contributed by atoms with Crippen molar-refractivity contribution in [2.75, 3.05) is 12.3 Å². The molecule has 3 nitrogen and oxygen atoms in total. The van der Waals surface area contributed by atoms with Gasteiger partial charge in [-0.05, 0) is 0 Å². The summed E-state index contributed by atoms with van der Waals surface area (Å²) in [5.74, 6) is 0. The number of nitrogen functional groups attached to an aromatic ring is 1. The van der Waals surface area contributed by atoms with Crippen LogP contribution >= 0.6 is 11.3 Å². The van der Waals surface area contributed by atoms with E-state index < -0.39 is 12.8 Å². The maximum Gasteiger partial charge on any atom is 0.422 e. The molecular weight excluding hydrogens is 193 g/mol. The lowest BCUT2D eigenvalue weighted by atomic mass is 10.7. The van der Waals surface area contributed by atoms with Crippen LogP contribution in [0.25, 0.3) is 0 Å². The number of anilines is 1. The van der Waals surface area contributed by atoms with Crippen molar-refractivity contribution in [3.05, 3.63) is 6.20 Å². The molecule has 0 aliphatic carbocycles. The van der Waals surface area contributed by atoms with Crippen LogP contribution in [0.4, 0.5) is 18.2 Å². The number of aromatic nitrogens is 1. The summed E-state index contributed by atoms with van der Waals surface area (Å²) in [6, 6.07) is 0. The van der Waals surface area contributed by atoms with E-state index in [9.17, 15) is 13.2 Å². The Kier molecular flexibility index (Phi) is 2.41. The van der Waals surface area contributed by atoms with E-state index in [1.165, 1.54) is 6.20 Å². The highest BCUT2D eigenvalue weighted by Crippen LogP contribution is 2.24. The van der Waals surface area contributed by atoms with Crippen LogP contribution in [0.3, 0.4) is 0 Å². The van der Waals surface area contributed by atoms with Crippen LogP contribution in [0.15, 0.2) is 6.20 Å². The summed E-state index contributed by atoms with van der Waals surface area (Å²) in [4.78, 5) is 3.49. The van der Waals surface area contributed by atoms with E-state index in [1.807, 2.05) is 0 Å². The minimum absolute atomic E-state index is 0.0650. The van der Waals surface area contributed by atoms with Crippen molar-refractivity contribution in [2.45, 2.75) is 6.18 Å². The van der Waals surface area contributed by atoms with Gasteiger partial charge in [0.1, 0.15) is 5.00 Å². The Morgan fingerprint density at radius 1 is 1.58 bits per heavy atom. The Morgan fingerprint density at radius 3 is 2.67 bits per heavy atom. The predicted molar refractivity (Wildman–Crippen MR) is 38.1 cm³/mol. The highest BCUT2D eigenvalue weighted by atomic mass is 32.1. The Morgan fingerprint density at radius 2 is 2.25 bits per heavy atom. The number of thiazole rings is 1. The number of nitrogens with zero attached hydrogens (tertiary/aromatic N) is 1. The molecule has 0 aromatic carbocycles. The third kappa shape index (κ3) is 2.95. The minimum Gasteiger partial charge on any atom is -0.460 e. The number of ether oxygens (including phenoxy) is 1. The van der Waals surface area contributed by atoms with Crippen molar-refractivity contribution < 1.29 is 17.9 Å². The van der Waals surface area contributed by atoms with Gasteiger partial charge in [0.25, 0.3) is 5.19 Å². The maximum atomic E-state index is 11.6. The number of nitrogens with two attached hydrogens (primary N) is 1. The molecule has 0 spiro atoms. The second-order valence-electron chi connectivity index (χ2n) is 1.93. The summed E-state index contributed by atoms with van der Waals surface area (Å²) in [6.45, 7) is -1.33. The summed E-state index contributed by atoms with van der Waals surface area (Å²) in [6.07, 6.45) is -3.09. The van der Waals surface area contributed by atoms with Gasteiger partial charge in [0.05, 0.1) is 6.20 Å². The van der Waals surface area contributed by atoms with E-state index in [4.69, 9.17) is 5.73 Å². The van der Waals surface area contributed by atoms with Crippen LogP contribution in [-0.4, -0.2) is 17.8 Å². The van der Waals surface area contributed by atoms with Gasteiger partial charge in [0, 0.05) is 0 Å². The molecule has 68 valence electrons. The molecule has 0 amide bonds. The Hall–Kier alpha value is -0.980. The van der Waals surface area contributed by atoms with Gasteiger partial charge >= 0.3 is 6.18 Å². The zero-order valence-electron chi connectivity index (χ0n) is 5.76. The highest BCUT2D eigenvalue weighted by Gasteiger charge is 2.28. The van der Waals surface area contributed by atoms with Gasteiger partial charge in [0.2, 0.25) is 0 Å². The third-order valence-corrected chi connectivity index (χ3v) is 1.60. The van der Waals surface area contributed by atoms with Gasteiger partial charge < -0.3 is 10.5 Å². The molecule has 0 aliphatic heterocycles. The monoisotopic (exact) mass is 198 g/mol. The maximum absolute atomic E-state index is 11.6. The van der Waals surface area contributed by atoms with E-state index in [2.05, 4.69) is 9.72 Å². The summed E-state index contributed by atoms with van der Waals surface area (Å²) in [5.41, 5.74) is 5.21. The van der Waals surface area contributed by atoms with Gasteiger partial charge in [-0.25, -0.2) is 4.98 Å². The zero-order valence-corrected chi connectivity index (χ0v) is 6.58. The molecule has 0 saturated heterocycles. The third-order valence-electron chi connectivity index (χ3n) is 0.862. The van der Waals surface area contributed by atoms with Crippen molar-refractivity contribution >= 4 is 16.3 Å². The van der Waals surface area contributed by atoms with Gasteiger partial charge in [-0.3, -0.25) is 0 Å². The van der Waals surface area contributed by atoms with Crippen molar-refractivity contribution in [3.63, 3.8) is 0 Å². The van der Waals surface area contributed by atoms with E-state index in [-0.39, 0.29) is 5.19 Å². The summed E-state index contributed by atoms with van der Waals surface area (Å²) in [7, 11) is 0. The van der Waals surface area contributed by atoms with E-state index in [0.29, 0.717) is 5.00 Å². The molecule has 1 rings (SSSR count). The standard InChI is InChI=1S/C5H5F3N2OS/c6-5(7,8)2-11-4-10-1-3(9)12-4/h1H,2,9H2. The topological polar surface area (TPSA) is 48.1 Å². The minimum atomic E-state index is -4.33. The molecule has 2 N–H and O–H groups in total. The first-order valence-corrected chi connectivity index (χ1v) is 3.70. The van der Waals surface area contributed by atoms with Crippen molar-refractivity contribution in [1.29, 1.82) is 0 Å². The van der Waals surface area contributed by atoms with E-state index in [0.717, 1.165) is 11.3 Å².